The van der Waals surface area contributed by atoms with E-state index in [0.717, 1.165) is 39.9 Å². The van der Waals surface area contributed by atoms with Gasteiger partial charge in [0, 0.05) is 29.5 Å². The third-order valence-corrected chi connectivity index (χ3v) is 10.2. The number of halogens is 1. The summed E-state index contributed by atoms with van der Waals surface area (Å²) in [6, 6.07) is 1.34. The molecule has 37 heavy (non-hydrogen) atoms. The predicted octanol–water partition coefficient (Wildman–Crippen LogP) is 3.13. The maximum absolute atomic E-state index is 14.9. The Morgan fingerprint density at radius 1 is 1.16 bits per heavy atom. The highest BCUT2D eigenvalue weighted by atomic mass is 32.2. The van der Waals surface area contributed by atoms with Gasteiger partial charge < -0.3 is 10.8 Å². The number of aliphatic hydroxyl groups excluding tert-OH is 1. The van der Waals surface area contributed by atoms with Gasteiger partial charge in [0.15, 0.2) is 16.4 Å². The molecule has 0 aromatic carbocycles. The number of carbonyl (C=O) groups excluding carboxylic acids is 2. The minimum Gasteiger partial charge on any atom is -0.389 e. The van der Waals surface area contributed by atoms with Crippen LogP contribution in [0, 0.1) is 11.8 Å². The van der Waals surface area contributed by atoms with Crippen LogP contribution in [0.5, 0.6) is 0 Å². The first-order valence-corrected chi connectivity index (χ1v) is 15.9. The molecule has 0 spiro atoms. The summed E-state index contributed by atoms with van der Waals surface area (Å²) in [4.78, 5) is 39.3. The Hall–Kier alpha value is -0.930. The highest BCUT2D eigenvalue weighted by Gasteiger charge is 2.46. The number of nitrogens with two attached hydrogens (primary N) is 1. The van der Waals surface area contributed by atoms with Crippen molar-refractivity contribution in [2.45, 2.75) is 50.6 Å². The summed E-state index contributed by atoms with van der Waals surface area (Å²) in [5, 5.41) is 8.29. The van der Waals surface area contributed by atoms with Crippen molar-refractivity contribution in [3.8, 4) is 0 Å². The van der Waals surface area contributed by atoms with Crippen molar-refractivity contribution in [3.05, 3.63) is 22.7 Å². The number of rotatable bonds is 14. The largest absolute Gasteiger partial charge is 0.474 e. The number of hydrogen-bond acceptors (Lipinski definition) is 13. The Labute approximate surface area is 227 Å². The minimum absolute atomic E-state index is 0.0168. The number of anilines is 1. The van der Waals surface area contributed by atoms with E-state index in [-0.39, 0.29) is 52.6 Å². The smallest absolute Gasteiger partial charge is 0.389 e. The lowest BCUT2D eigenvalue weighted by Crippen LogP contribution is -2.33. The van der Waals surface area contributed by atoms with E-state index in [4.69, 9.17) is 19.3 Å². The Bertz CT molecular complexity index is 999. The van der Waals surface area contributed by atoms with Gasteiger partial charge in [-0.15, -0.1) is 11.8 Å². The average Bonchev–Trinajstić information content (AvgIpc) is 3.11. The summed E-state index contributed by atoms with van der Waals surface area (Å²) in [6.45, 7) is 6.37. The fraction of sp³-hybridized carbons (Fsp3) is 0.714. The summed E-state index contributed by atoms with van der Waals surface area (Å²) in [5.74, 6) is 0.0436. The molecule has 1 aromatic heterocycles. The quantitative estimate of drug-likeness (QED) is 0.237. The van der Waals surface area contributed by atoms with Crippen LogP contribution >= 0.6 is 43.1 Å². The van der Waals surface area contributed by atoms with E-state index in [0.29, 0.717) is 0 Å². The summed E-state index contributed by atoms with van der Waals surface area (Å²) in [7, 11) is -4.19. The fourth-order valence-corrected chi connectivity index (χ4v) is 7.24. The Balaban J connectivity index is 2.01. The zero-order valence-corrected chi connectivity index (χ0v) is 24.3. The molecular weight excluding hydrogens is 568 g/mol. The van der Waals surface area contributed by atoms with E-state index in [1.807, 2.05) is 0 Å². The number of phosphoric acid groups is 1. The van der Waals surface area contributed by atoms with Crippen LogP contribution in [-0.4, -0.2) is 73.7 Å². The molecule has 1 saturated heterocycles. The maximum Gasteiger partial charge on any atom is 0.474 e. The normalized spacial score (nSPS) is 22.2. The van der Waals surface area contributed by atoms with Gasteiger partial charge in [0.2, 0.25) is 0 Å². The molecule has 4 atom stereocenters. The van der Waals surface area contributed by atoms with Crippen molar-refractivity contribution in [1.82, 2.24) is 9.55 Å². The first-order valence-electron chi connectivity index (χ1n) is 11.5. The number of phosphoric ester groups is 1. The first-order chi connectivity index (χ1) is 17.3. The average molecular weight is 602 g/mol. The Kier molecular flexibility index (Phi) is 13.1. The lowest BCUT2D eigenvalue weighted by molar-refractivity contribution is -0.114. The van der Waals surface area contributed by atoms with E-state index >= 15 is 0 Å². The van der Waals surface area contributed by atoms with Crippen LogP contribution in [0.4, 0.5) is 10.2 Å². The van der Waals surface area contributed by atoms with Gasteiger partial charge >= 0.3 is 13.5 Å². The number of thioether (sulfide) groups is 3. The molecule has 3 N–H and O–H groups in total. The molecule has 2 rings (SSSR count). The summed E-state index contributed by atoms with van der Waals surface area (Å²) < 4.78 is 45.3. The lowest BCUT2D eigenvalue weighted by Gasteiger charge is -2.21. The molecule has 1 fully saturated rings. The highest BCUT2D eigenvalue weighted by molar-refractivity contribution is 8.13. The summed E-state index contributed by atoms with van der Waals surface area (Å²) >= 11 is 2.95. The van der Waals surface area contributed by atoms with Gasteiger partial charge in [-0.3, -0.25) is 27.7 Å². The second kappa shape index (κ2) is 15.0. The van der Waals surface area contributed by atoms with Gasteiger partial charge in [0.25, 0.3) is 0 Å². The molecule has 0 saturated carbocycles. The third kappa shape index (κ3) is 9.95. The van der Waals surface area contributed by atoms with Crippen LogP contribution in [0.25, 0.3) is 0 Å². The summed E-state index contributed by atoms with van der Waals surface area (Å²) in [5.41, 5.74) is 4.71. The highest BCUT2D eigenvalue weighted by Crippen LogP contribution is 2.52. The van der Waals surface area contributed by atoms with E-state index in [9.17, 15) is 28.4 Å². The SMILES string of the molecule is CC(C)C(=O)SCCOP(=O)(OCCSC(=O)C(C)C)OC[C@H]1S[C@@H](n2ccc(N)nc2=O)[C@@H](F)[C@@H]1O. The number of aromatic nitrogens is 2. The van der Waals surface area contributed by atoms with Crippen LogP contribution in [0.15, 0.2) is 17.1 Å². The van der Waals surface area contributed by atoms with Crippen LogP contribution in [-0.2, 0) is 27.7 Å². The molecule has 0 bridgehead atoms. The fourth-order valence-electron chi connectivity index (χ4n) is 2.88. The molecule has 1 aliphatic rings. The van der Waals surface area contributed by atoms with Gasteiger partial charge in [-0.25, -0.2) is 13.8 Å². The monoisotopic (exact) mass is 601 g/mol. The topological polar surface area (TPSA) is 160 Å². The van der Waals surface area contributed by atoms with E-state index in [1.54, 1.807) is 27.7 Å². The predicted molar refractivity (Wildman–Crippen MR) is 144 cm³/mol. The van der Waals surface area contributed by atoms with Crippen molar-refractivity contribution in [3.63, 3.8) is 0 Å². The number of aliphatic hydroxyl groups is 1. The number of nitrogen functional groups attached to an aromatic ring is 1. The maximum atomic E-state index is 14.9. The van der Waals surface area contributed by atoms with E-state index in [1.165, 1.54) is 12.3 Å². The van der Waals surface area contributed by atoms with Crippen molar-refractivity contribution in [2.24, 2.45) is 11.8 Å². The van der Waals surface area contributed by atoms with Gasteiger partial charge in [0.1, 0.15) is 17.3 Å². The summed E-state index contributed by atoms with van der Waals surface area (Å²) in [6.07, 6.45) is -2.08. The zero-order chi connectivity index (χ0) is 27.8. The molecule has 1 aliphatic heterocycles. The van der Waals surface area contributed by atoms with Crippen molar-refractivity contribution in [2.75, 3.05) is 37.1 Å². The van der Waals surface area contributed by atoms with Crippen LogP contribution in [0.3, 0.4) is 0 Å². The molecule has 11 nitrogen and oxygen atoms in total. The molecule has 16 heteroatoms. The molecule has 1 aromatic rings. The van der Waals surface area contributed by atoms with Gasteiger partial charge in [-0.1, -0.05) is 51.2 Å². The van der Waals surface area contributed by atoms with Gasteiger partial charge in [-0.05, 0) is 6.07 Å². The second-order valence-electron chi connectivity index (χ2n) is 8.60. The number of alkyl halides is 1. The number of nitrogens with zero attached hydrogens (tertiary/aromatic N) is 2. The second-order valence-corrected chi connectivity index (χ2v) is 13.8. The number of carbonyl (C=O) groups is 2. The van der Waals surface area contributed by atoms with Crippen molar-refractivity contribution >= 4 is 59.2 Å². The van der Waals surface area contributed by atoms with Crippen molar-refractivity contribution in [1.29, 1.82) is 0 Å². The first kappa shape index (κ1) is 32.3. The van der Waals surface area contributed by atoms with Crippen molar-refractivity contribution < 1.29 is 37.2 Å². The Morgan fingerprint density at radius 3 is 2.19 bits per heavy atom. The Morgan fingerprint density at radius 2 is 1.70 bits per heavy atom. The van der Waals surface area contributed by atoms with Crippen LogP contribution in [0.1, 0.15) is 33.1 Å². The molecule has 0 amide bonds. The molecule has 2 heterocycles. The molecule has 0 aliphatic carbocycles. The zero-order valence-electron chi connectivity index (χ0n) is 21.0. The molecule has 0 unspecified atom stereocenters. The standard InChI is InChI=1S/C21H33FN3O8PS3/c1-12(2)19(27)35-9-7-31-34(30,32-8-10-36-20(28)13(3)4)33-11-14-17(26)16(22)18(37-14)25-6-5-15(23)24-21(25)29/h5-6,12-14,16-18,26H,7-11H2,1-4H3,(H2,23,24,29)/t14-,16+,17-,18-/m1/s1. The van der Waals surface area contributed by atoms with Crippen LogP contribution in [0.2, 0.25) is 0 Å². The van der Waals surface area contributed by atoms with Crippen LogP contribution < -0.4 is 11.4 Å². The molecule has 210 valence electrons. The minimum atomic E-state index is -4.19. The van der Waals surface area contributed by atoms with Gasteiger partial charge in [-0.2, -0.15) is 4.98 Å². The van der Waals surface area contributed by atoms with Gasteiger partial charge in [0.05, 0.1) is 25.1 Å². The lowest BCUT2D eigenvalue weighted by atomic mass is 10.1. The van der Waals surface area contributed by atoms with E-state index in [2.05, 4.69) is 4.98 Å². The molecule has 0 radical (unpaired) electrons. The number of hydrogen-bond donors (Lipinski definition) is 2. The third-order valence-electron chi connectivity index (χ3n) is 4.91. The molecular formula is C21H33FN3O8PS3. The van der Waals surface area contributed by atoms with E-state index < -0.39 is 43.0 Å².